The summed E-state index contributed by atoms with van der Waals surface area (Å²) in [6.45, 7) is 0.686. The maximum atomic E-state index is 11.1. The molecule has 1 rings (SSSR count). The predicted octanol–water partition coefficient (Wildman–Crippen LogP) is 6.25. The van der Waals surface area contributed by atoms with Crippen molar-refractivity contribution in [1.29, 1.82) is 0 Å². The van der Waals surface area contributed by atoms with Crippen molar-refractivity contribution in [3.05, 3.63) is 35.9 Å². The summed E-state index contributed by atoms with van der Waals surface area (Å²) in [5.41, 5.74) is 0.903. The van der Waals surface area contributed by atoms with Crippen LogP contribution < -0.4 is 4.74 Å². The second kappa shape index (κ2) is 12.6. The summed E-state index contributed by atoms with van der Waals surface area (Å²) in [4.78, 5) is 11.1. The molecule has 7 heteroatoms. The number of rotatable bonds is 12. The molecule has 0 fully saturated rings. The van der Waals surface area contributed by atoms with Crippen LogP contribution in [-0.2, 0) is 9.53 Å². The summed E-state index contributed by atoms with van der Waals surface area (Å²) in [7, 11) is 1.36. The largest absolute Gasteiger partial charge is 0.494 e. The molecule has 140 valence electrons. The molecule has 0 heterocycles. The van der Waals surface area contributed by atoms with Gasteiger partial charge in [0.2, 0.25) is 0 Å². The van der Waals surface area contributed by atoms with Crippen molar-refractivity contribution in [2.24, 2.45) is 0 Å². The number of esters is 1. The van der Waals surface area contributed by atoms with E-state index in [2.05, 4.69) is 4.74 Å². The van der Waals surface area contributed by atoms with Gasteiger partial charge in [0.05, 0.1) is 13.7 Å². The van der Waals surface area contributed by atoms with Crippen molar-refractivity contribution in [2.45, 2.75) is 44.6 Å². The van der Waals surface area contributed by atoms with E-state index in [1.54, 1.807) is 6.08 Å². The lowest BCUT2D eigenvalue weighted by molar-refractivity contribution is -0.134. The van der Waals surface area contributed by atoms with Crippen LogP contribution in [0, 0.1) is 0 Å². The number of halogens is 3. The van der Waals surface area contributed by atoms with Crippen molar-refractivity contribution in [1.82, 2.24) is 0 Å². The Labute approximate surface area is 165 Å². The third-order valence-electron chi connectivity index (χ3n) is 3.59. The maximum Gasteiger partial charge on any atom is 0.341 e. The molecule has 3 nitrogen and oxygen atoms in total. The van der Waals surface area contributed by atoms with Crippen LogP contribution in [0.5, 0.6) is 5.75 Å². The normalized spacial score (nSPS) is 11.7. The summed E-state index contributed by atoms with van der Waals surface area (Å²) in [6, 6.07) is 5.95. The number of ether oxygens (including phenoxy) is 2. The molecule has 0 radical (unpaired) electrons. The lowest BCUT2D eigenvalue weighted by atomic mass is 10.1. The maximum absolute atomic E-state index is 11.1. The molecule has 0 amide bonds. The van der Waals surface area contributed by atoms with Gasteiger partial charge in [0.25, 0.3) is 0 Å². The zero-order valence-corrected chi connectivity index (χ0v) is 17.7. The first-order valence-corrected chi connectivity index (χ1v) is 13.7. The highest BCUT2D eigenvalue weighted by molar-refractivity contribution is 7.64. The van der Waals surface area contributed by atoms with E-state index in [4.69, 9.17) is 38.0 Å². The third-order valence-corrected chi connectivity index (χ3v) is 6.22. The van der Waals surface area contributed by atoms with Crippen LogP contribution in [0.2, 0.25) is 6.04 Å². The minimum atomic E-state index is -2.43. The topological polar surface area (TPSA) is 35.5 Å². The van der Waals surface area contributed by atoms with Gasteiger partial charge in [0.1, 0.15) is 5.75 Å². The number of carbonyl (C=O) groups excluding carboxylic acids is 1. The Morgan fingerprint density at radius 2 is 1.76 bits per heavy atom. The molecule has 0 aromatic heterocycles. The summed E-state index contributed by atoms with van der Waals surface area (Å²) in [5.74, 6) is 0.433. The second-order valence-corrected chi connectivity index (χ2v) is 15.0. The molecule has 0 aliphatic heterocycles. The second-order valence-electron chi connectivity index (χ2n) is 5.76. The lowest BCUT2D eigenvalue weighted by Crippen LogP contribution is -2.07. The molecule has 0 bridgehead atoms. The number of hydrogen-bond acceptors (Lipinski definition) is 3. The Morgan fingerprint density at radius 3 is 2.44 bits per heavy atom. The highest BCUT2D eigenvalue weighted by Gasteiger charge is 2.23. The summed E-state index contributed by atoms with van der Waals surface area (Å²) < 4.78 is 10.3. The Kier molecular flexibility index (Phi) is 11.3. The fraction of sp³-hybridized carbons (Fsp3) is 0.500. The molecule has 0 atom stereocenters. The van der Waals surface area contributed by atoms with Gasteiger partial charge in [-0.3, -0.25) is 0 Å². The molecule has 0 spiro atoms. The first kappa shape index (κ1) is 22.4. The van der Waals surface area contributed by atoms with Gasteiger partial charge in [0, 0.05) is 6.08 Å². The lowest BCUT2D eigenvalue weighted by Gasteiger charge is -2.08. The molecule has 0 aliphatic rings. The first-order valence-electron chi connectivity index (χ1n) is 8.46. The molecule has 0 unspecified atom stereocenters. The molecular formula is C18H25Cl3O3Si. The predicted molar refractivity (Wildman–Crippen MR) is 109 cm³/mol. The minimum Gasteiger partial charge on any atom is -0.494 e. The van der Waals surface area contributed by atoms with Crippen LogP contribution in [-0.4, -0.2) is 25.7 Å². The van der Waals surface area contributed by atoms with E-state index >= 15 is 0 Å². The quantitative estimate of drug-likeness (QED) is 0.131. The molecular weight excluding hydrogens is 399 g/mol. The smallest absolute Gasteiger partial charge is 0.341 e. The SMILES string of the molecule is COC(=O)/C=C/c1cccc(OCCCCCCCC[Si](Cl)(Cl)Cl)c1. The van der Waals surface area contributed by atoms with Crippen molar-refractivity contribution in [3.8, 4) is 5.75 Å². The van der Waals surface area contributed by atoms with Gasteiger partial charge in [-0.1, -0.05) is 44.2 Å². The standard InChI is InChI=1S/C18H25Cl3O3Si/c1-23-18(22)12-11-16-9-8-10-17(15-16)24-13-6-4-2-3-5-7-14-25(19,20)21/h8-12,15H,2-7,13-14H2,1H3/b12-11+. The highest BCUT2D eigenvalue weighted by atomic mass is 35.8. The van der Waals surface area contributed by atoms with Crippen LogP contribution in [0.1, 0.15) is 44.1 Å². The van der Waals surface area contributed by atoms with E-state index in [-0.39, 0.29) is 5.97 Å². The Hall–Kier alpha value is -0.683. The molecule has 1 aromatic rings. The van der Waals surface area contributed by atoms with E-state index in [9.17, 15) is 4.79 Å². The van der Waals surface area contributed by atoms with E-state index in [1.165, 1.54) is 26.0 Å². The average molecular weight is 424 g/mol. The Balaban J connectivity index is 2.14. The Bertz CT molecular complexity index is 545. The minimum absolute atomic E-state index is 0.373. The molecule has 25 heavy (non-hydrogen) atoms. The molecule has 1 aromatic carbocycles. The van der Waals surface area contributed by atoms with Gasteiger partial charge in [-0.25, -0.2) is 4.79 Å². The van der Waals surface area contributed by atoms with Gasteiger partial charge in [-0.2, -0.15) is 0 Å². The van der Waals surface area contributed by atoms with Crippen LogP contribution >= 0.6 is 33.2 Å². The van der Waals surface area contributed by atoms with Gasteiger partial charge < -0.3 is 9.47 Å². The van der Waals surface area contributed by atoms with Gasteiger partial charge in [-0.15, -0.1) is 33.2 Å². The van der Waals surface area contributed by atoms with Gasteiger partial charge >= 0.3 is 12.0 Å². The average Bonchev–Trinajstić information content (AvgIpc) is 2.57. The third kappa shape index (κ3) is 12.3. The summed E-state index contributed by atoms with van der Waals surface area (Å²) in [5, 5.41) is 0. The van der Waals surface area contributed by atoms with Crippen molar-refractivity contribution < 1.29 is 14.3 Å². The summed E-state index contributed by atoms with van der Waals surface area (Å²) >= 11 is 17.6. The zero-order valence-electron chi connectivity index (χ0n) is 14.5. The molecule has 0 N–H and O–H groups in total. The fourth-order valence-corrected chi connectivity index (χ4v) is 4.12. The van der Waals surface area contributed by atoms with E-state index in [0.717, 1.165) is 43.0 Å². The highest BCUT2D eigenvalue weighted by Crippen LogP contribution is 2.27. The van der Waals surface area contributed by atoms with Crippen LogP contribution in [0.15, 0.2) is 30.3 Å². The van der Waals surface area contributed by atoms with Crippen LogP contribution in [0.25, 0.3) is 6.08 Å². The number of carbonyl (C=O) groups is 1. The van der Waals surface area contributed by atoms with E-state index in [0.29, 0.717) is 6.61 Å². The van der Waals surface area contributed by atoms with Crippen LogP contribution in [0.3, 0.4) is 0 Å². The van der Waals surface area contributed by atoms with Crippen LogP contribution in [0.4, 0.5) is 0 Å². The van der Waals surface area contributed by atoms with Crippen molar-refractivity contribution >= 4 is 51.3 Å². The first-order chi connectivity index (χ1) is 11.9. The fourth-order valence-electron chi connectivity index (χ4n) is 2.26. The number of hydrogen-bond donors (Lipinski definition) is 0. The van der Waals surface area contributed by atoms with Gasteiger partial charge in [0.15, 0.2) is 0 Å². The van der Waals surface area contributed by atoms with Gasteiger partial charge in [-0.05, 0) is 36.2 Å². The van der Waals surface area contributed by atoms with E-state index in [1.807, 2.05) is 24.3 Å². The monoisotopic (exact) mass is 422 g/mol. The molecule has 0 aliphatic carbocycles. The van der Waals surface area contributed by atoms with Crippen molar-refractivity contribution in [2.75, 3.05) is 13.7 Å². The molecule has 0 saturated heterocycles. The van der Waals surface area contributed by atoms with E-state index < -0.39 is 6.00 Å². The number of benzene rings is 1. The number of methoxy groups -OCH3 is 1. The molecule has 0 saturated carbocycles. The number of unbranched alkanes of at least 4 members (excludes halogenated alkanes) is 5. The van der Waals surface area contributed by atoms with Crippen molar-refractivity contribution in [3.63, 3.8) is 0 Å². The summed E-state index contributed by atoms with van der Waals surface area (Å²) in [6.07, 6.45) is 9.72. The zero-order chi connectivity index (χ0) is 18.5. The Morgan fingerprint density at radius 1 is 1.08 bits per heavy atom.